The minimum absolute atomic E-state index is 0.0691. The number of benzene rings is 2. The summed E-state index contributed by atoms with van der Waals surface area (Å²) in [6.07, 6.45) is 1.81. The summed E-state index contributed by atoms with van der Waals surface area (Å²) < 4.78 is 32.8. The van der Waals surface area contributed by atoms with E-state index < -0.39 is 17.0 Å². The number of carbonyl (C=O) groups is 1. The van der Waals surface area contributed by atoms with Crippen LogP contribution in [0.1, 0.15) is 24.8 Å². The lowest BCUT2D eigenvalue weighted by atomic mass is 9.73. The van der Waals surface area contributed by atoms with E-state index in [0.29, 0.717) is 56.3 Å². The van der Waals surface area contributed by atoms with E-state index >= 15 is 0 Å². The summed E-state index contributed by atoms with van der Waals surface area (Å²) in [7, 11) is 0. The molecule has 4 rings (SSSR count). The second kappa shape index (κ2) is 8.28. The molecule has 0 spiro atoms. The van der Waals surface area contributed by atoms with E-state index in [9.17, 15) is 13.6 Å². The van der Waals surface area contributed by atoms with E-state index in [1.165, 1.54) is 12.1 Å². The first-order chi connectivity index (χ1) is 14.0. The lowest BCUT2D eigenvalue weighted by Crippen LogP contribution is -2.51. The molecule has 2 aromatic carbocycles. The van der Waals surface area contributed by atoms with Crippen LogP contribution in [0.15, 0.2) is 42.5 Å². The first-order valence-electron chi connectivity index (χ1n) is 9.83. The molecule has 29 heavy (non-hydrogen) atoms. The zero-order valence-electron chi connectivity index (χ0n) is 16.0. The molecule has 2 heterocycles. The number of halogens is 3. The first-order valence-corrected chi connectivity index (χ1v) is 10.2. The van der Waals surface area contributed by atoms with Crippen LogP contribution >= 0.6 is 11.6 Å². The van der Waals surface area contributed by atoms with Gasteiger partial charge in [0.1, 0.15) is 11.6 Å². The maximum Gasteiger partial charge on any atom is 0.231 e. The SMILES string of the molecule is O=C(NC1CCN(c2ccc(F)cc2F)C1)C1(c2ccccc2Cl)CCOCC1. The summed E-state index contributed by atoms with van der Waals surface area (Å²) in [6, 6.07) is 10.9. The van der Waals surface area contributed by atoms with Crippen molar-refractivity contribution in [1.82, 2.24) is 5.32 Å². The molecule has 2 fully saturated rings. The number of nitrogens with one attached hydrogen (secondary N) is 1. The molecule has 0 radical (unpaired) electrons. The molecule has 1 amide bonds. The Balaban J connectivity index is 1.51. The zero-order chi connectivity index (χ0) is 20.4. The van der Waals surface area contributed by atoms with Gasteiger partial charge in [-0.1, -0.05) is 29.8 Å². The van der Waals surface area contributed by atoms with E-state index in [2.05, 4.69) is 5.32 Å². The third kappa shape index (κ3) is 3.96. The van der Waals surface area contributed by atoms with Crippen LogP contribution in [-0.4, -0.2) is 38.3 Å². The fraction of sp³-hybridized carbons (Fsp3) is 0.409. The highest BCUT2D eigenvalue weighted by atomic mass is 35.5. The van der Waals surface area contributed by atoms with Gasteiger partial charge in [-0.3, -0.25) is 4.79 Å². The molecule has 2 aromatic rings. The van der Waals surface area contributed by atoms with Gasteiger partial charge in [-0.25, -0.2) is 8.78 Å². The van der Waals surface area contributed by atoms with Gasteiger partial charge in [0.05, 0.1) is 11.1 Å². The van der Waals surface area contributed by atoms with Gasteiger partial charge in [0.15, 0.2) is 0 Å². The maximum absolute atomic E-state index is 14.1. The Labute approximate surface area is 173 Å². The van der Waals surface area contributed by atoms with E-state index in [1.54, 1.807) is 6.07 Å². The third-order valence-electron chi connectivity index (χ3n) is 5.94. The van der Waals surface area contributed by atoms with Crippen molar-refractivity contribution < 1.29 is 18.3 Å². The number of carbonyl (C=O) groups excluding carboxylic acids is 1. The van der Waals surface area contributed by atoms with Gasteiger partial charge in [0.2, 0.25) is 5.91 Å². The normalized spacial score (nSPS) is 21.2. The van der Waals surface area contributed by atoms with Crippen molar-refractivity contribution in [3.8, 4) is 0 Å². The molecule has 2 aliphatic rings. The Bertz CT molecular complexity index is 902. The molecule has 2 aliphatic heterocycles. The number of hydrogen-bond acceptors (Lipinski definition) is 3. The van der Waals surface area contributed by atoms with Crippen LogP contribution in [0.2, 0.25) is 5.02 Å². The molecule has 0 saturated carbocycles. The smallest absolute Gasteiger partial charge is 0.231 e. The molecule has 1 unspecified atom stereocenters. The van der Waals surface area contributed by atoms with Crippen molar-refractivity contribution >= 4 is 23.2 Å². The molecule has 154 valence electrons. The average molecular weight is 421 g/mol. The summed E-state index contributed by atoms with van der Waals surface area (Å²) in [5.74, 6) is -1.26. The molecule has 7 heteroatoms. The van der Waals surface area contributed by atoms with Gasteiger partial charge in [0.25, 0.3) is 0 Å². The predicted molar refractivity (Wildman–Crippen MR) is 108 cm³/mol. The topological polar surface area (TPSA) is 41.6 Å². The van der Waals surface area contributed by atoms with Crippen LogP contribution < -0.4 is 10.2 Å². The molecule has 0 aliphatic carbocycles. The van der Waals surface area contributed by atoms with Crippen molar-refractivity contribution in [3.63, 3.8) is 0 Å². The summed E-state index contributed by atoms with van der Waals surface area (Å²) in [5, 5.41) is 3.73. The summed E-state index contributed by atoms with van der Waals surface area (Å²) >= 11 is 6.44. The standard InChI is InChI=1S/C22H23ClF2N2O2/c23-18-4-2-1-3-17(18)22(8-11-29-12-9-22)21(28)26-16-7-10-27(14-16)20-6-5-15(24)13-19(20)25/h1-6,13,16H,7-12,14H2,(H,26,28). The van der Waals surface area contributed by atoms with Gasteiger partial charge >= 0.3 is 0 Å². The van der Waals surface area contributed by atoms with Crippen LogP contribution in [0.4, 0.5) is 14.5 Å². The quantitative estimate of drug-likeness (QED) is 0.811. The number of nitrogens with zero attached hydrogens (tertiary/aromatic N) is 1. The van der Waals surface area contributed by atoms with Gasteiger partial charge in [-0.05, 0) is 43.0 Å². The van der Waals surface area contributed by atoms with Crippen molar-refractivity contribution in [2.24, 2.45) is 0 Å². The Morgan fingerprint density at radius 1 is 1.17 bits per heavy atom. The molecule has 0 aromatic heterocycles. The molecule has 1 atom stereocenters. The van der Waals surface area contributed by atoms with E-state index in [1.807, 2.05) is 23.1 Å². The van der Waals surface area contributed by atoms with Crippen molar-refractivity contribution in [1.29, 1.82) is 0 Å². The maximum atomic E-state index is 14.1. The highest BCUT2D eigenvalue weighted by Crippen LogP contribution is 2.39. The van der Waals surface area contributed by atoms with E-state index in [-0.39, 0.29) is 11.9 Å². The lowest BCUT2D eigenvalue weighted by Gasteiger charge is -2.37. The Morgan fingerprint density at radius 2 is 1.93 bits per heavy atom. The highest BCUT2D eigenvalue weighted by Gasteiger charge is 2.44. The summed E-state index contributed by atoms with van der Waals surface area (Å²) in [4.78, 5) is 15.3. The van der Waals surface area contributed by atoms with Gasteiger partial charge in [-0.2, -0.15) is 0 Å². The molecular formula is C22H23ClF2N2O2. The molecule has 4 nitrogen and oxygen atoms in total. The van der Waals surface area contributed by atoms with Gasteiger partial charge in [-0.15, -0.1) is 0 Å². The Morgan fingerprint density at radius 3 is 2.66 bits per heavy atom. The number of hydrogen-bond donors (Lipinski definition) is 1. The molecule has 1 N–H and O–H groups in total. The number of amides is 1. The second-order valence-electron chi connectivity index (χ2n) is 7.68. The van der Waals surface area contributed by atoms with Crippen molar-refractivity contribution in [3.05, 3.63) is 64.7 Å². The van der Waals surface area contributed by atoms with E-state index in [0.717, 1.165) is 11.6 Å². The minimum atomic E-state index is -0.731. The second-order valence-corrected chi connectivity index (χ2v) is 8.08. The number of anilines is 1. The van der Waals surface area contributed by atoms with Crippen molar-refractivity contribution in [2.45, 2.75) is 30.7 Å². The van der Waals surface area contributed by atoms with Crippen molar-refractivity contribution in [2.75, 3.05) is 31.2 Å². The van der Waals surface area contributed by atoms with Gasteiger partial charge in [0, 0.05) is 43.4 Å². The monoisotopic (exact) mass is 420 g/mol. The molecule has 0 bridgehead atoms. The Kier molecular flexibility index (Phi) is 5.74. The lowest BCUT2D eigenvalue weighted by molar-refractivity contribution is -0.131. The van der Waals surface area contributed by atoms with Crippen LogP contribution in [0.3, 0.4) is 0 Å². The van der Waals surface area contributed by atoms with Crippen LogP contribution in [-0.2, 0) is 14.9 Å². The van der Waals surface area contributed by atoms with Crippen LogP contribution in [0.25, 0.3) is 0 Å². The average Bonchev–Trinajstić information content (AvgIpc) is 3.17. The first kappa shape index (κ1) is 20.1. The summed E-state index contributed by atoms with van der Waals surface area (Å²) in [5.41, 5.74) is 0.447. The van der Waals surface area contributed by atoms with Crippen LogP contribution in [0, 0.1) is 11.6 Å². The van der Waals surface area contributed by atoms with Gasteiger partial charge < -0.3 is 15.0 Å². The van der Waals surface area contributed by atoms with Crippen LogP contribution in [0.5, 0.6) is 0 Å². The number of ether oxygens (including phenoxy) is 1. The minimum Gasteiger partial charge on any atom is -0.381 e. The fourth-order valence-corrected chi connectivity index (χ4v) is 4.66. The number of rotatable bonds is 4. The fourth-order valence-electron chi connectivity index (χ4n) is 4.35. The Hall–Kier alpha value is -2.18. The van der Waals surface area contributed by atoms with E-state index in [4.69, 9.17) is 16.3 Å². The molecular weight excluding hydrogens is 398 g/mol. The molecule has 2 saturated heterocycles. The zero-order valence-corrected chi connectivity index (χ0v) is 16.7. The predicted octanol–water partition coefficient (Wildman–Crippen LogP) is 4.06. The summed E-state index contributed by atoms with van der Waals surface area (Å²) in [6.45, 7) is 2.06. The highest BCUT2D eigenvalue weighted by molar-refractivity contribution is 6.31. The third-order valence-corrected chi connectivity index (χ3v) is 6.27. The largest absolute Gasteiger partial charge is 0.381 e.